The molecule has 0 bridgehead atoms. The van der Waals surface area contributed by atoms with Gasteiger partial charge in [-0.1, -0.05) is 96.1 Å². The predicted molar refractivity (Wildman–Crippen MR) is 129 cm³/mol. The number of phenols is 1. The molecule has 1 aromatic rings. The van der Waals surface area contributed by atoms with Gasteiger partial charge in [0.25, 0.3) is 5.91 Å². The number of unbranched alkanes of at least 4 members (excludes halogenated alkanes) is 11. The summed E-state index contributed by atoms with van der Waals surface area (Å²) >= 11 is 0. The van der Waals surface area contributed by atoms with Gasteiger partial charge in [-0.3, -0.25) is 4.79 Å². The average molecular weight is 455 g/mol. The van der Waals surface area contributed by atoms with Crippen molar-refractivity contribution >= 4 is 5.91 Å². The lowest BCUT2D eigenvalue weighted by molar-refractivity contribution is -0.0121. The number of amides is 1. The number of aliphatic hydroxyl groups excluding tert-OH is 3. The second kappa shape index (κ2) is 20.0. The molecule has 7 heteroatoms. The summed E-state index contributed by atoms with van der Waals surface area (Å²) in [7, 11) is 0. The molecule has 3 unspecified atom stereocenters. The molecule has 1 aromatic carbocycles. The van der Waals surface area contributed by atoms with Gasteiger partial charge in [0.05, 0.1) is 30.4 Å². The minimum absolute atomic E-state index is 0.0741. The maximum Gasteiger partial charge on any atom is 0.252 e. The number of benzene rings is 1. The van der Waals surface area contributed by atoms with Crippen molar-refractivity contribution in [3.8, 4) is 5.75 Å². The van der Waals surface area contributed by atoms with Crippen LogP contribution in [0.5, 0.6) is 5.75 Å². The van der Waals surface area contributed by atoms with E-state index in [0.29, 0.717) is 6.42 Å². The second-order valence-corrected chi connectivity index (χ2v) is 8.46. The number of carbonyl (C=O) groups is 1. The first-order chi connectivity index (χ1) is 15.3. The largest absolute Gasteiger partial charge is 0.507 e. The van der Waals surface area contributed by atoms with Crippen molar-refractivity contribution in [1.29, 1.82) is 0 Å². The highest BCUT2D eigenvalue weighted by atomic mass is 16.3. The summed E-state index contributed by atoms with van der Waals surface area (Å²) in [6.07, 6.45) is 14.1. The summed E-state index contributed by atoms with van der Waals surface area (Å²) in [6.45, 7) is 1.96. The molecule has 0 radical (unpaired) electrons. The number of aliphatic hydroxyl groups is 3. The highest BCUT2D eigenvalue weighted by molar-refractivity contribution is 5.95. The van der Waals surface area contributed by atoms with E-state index >= 15 is 0 Å². The van der Waals surface area contributed by atoms with E-state index in [-0.39, 0.29) is 17.9 Å². The van der Waals surface area contributed by atoms with E-state index in [1.54, 1.807) is 12.1 Å². The highest BCUT2D eigenvalue weighted by Gasteiger charge is 2.22. The predicted octanol–water partition coefficient (Wildman–Crippen LogP) is 3.61. The molecule has 8 N–H and O–H groups in total. The fraction of sp³-hybridized carbons (Fsp3) is 0.720. The molecule has 3 atom stereocenters. The Hall–Kier alpha value is -1.67. The molecule has 1 rings (SSSR count). The molecule has 1 amide bonds. The third kappa shape index (κ3) is 15.2. The molecule has 0 aliphatic heterocycles. The van der Waals surface area contributed by atoms with Crippen molar-refractivity contribution in [1.82, 2.24) is 0 Å². The Balaban J connectivity index is 0.000000792. The number of hydrogen-bond donors (Lipinski definition) is 6. The Morgan fingerprint density at radius 2 is 1.34 bits per heavy atom. The Kier molecular flexibility index (Phi) is 18.9. The molecule has 0 saturated carbocycles. The Bertz CT molecular complexity index is 585. The summed E-state index contributed by atoms with van der Waals surface area (Å²) in [6, 6.07) is 5.41. The van der Waals surface area contributed by atoms with Crippen LogP contribution in [0, 0.1) is 0 Å². The molecular weight excluding hydrogens is 408 g/mol. The van der Waals surface area contributed by atoms with E-state index in [1.807, 2.05) is 0 Å². The fourth-order valence-electron chi connectivity index (χ4n) is 3.44. The number of carbonyl (C=O) groups excluding carboxylic acids is 1. The quantitative estimate of drug-likeness (QED) is 0.198. The highest BCUT2D eigenvalue weighted by Crippen LogP contribution is 2.15. The van der Waals surface area contributed by atoms with E-state index in [2.05, 4.69) is 6.92 Å². The van der Waals surface area contributed by atoms with Crippen LogP contribution in [0.4, 0.5) is 0 Å². The van der Waals surface area contributed by atoms with Crippen molar-refractivity contribution in [2.45, 2.75) is 109 Å². The van der Waals surface area contributed by atoms with Crippen molar-refractivity contribution in [2.75, 3.05) is 6.61 Å². The maximum absolute atomic E-state index is 10.5. The van der Waals surface area contributed by atoms with Gasteiger partial charge in [-0.05, 0) is 18.6 Å². The Labute approximate surface area is 193 Å². The number of hydrogen-bond acceptors (Lipinski definition) is 6. The first-order valence-corrected chi connectivity index (χ1v) is 12.1. The lowest BCUT2D eigenvalue weighted by Gasteiger charge is -2.22. The molecular formula is C25H46N2O5. The van der Waals surface area contributed by atoms with Gasteiger partial charge in [0, 0.05) is 0 Å². The molecule has 0 aliphatic rings. The maximum atomic E-state index is 10.5. The molecule has 32 heavy (non-hydrogen) atoms. The third-order valence-corrected chi connectivity index (χ3v) is 5.57. The molecule has 0 saturated heterocycles. The van der Waals surface area contributed by atoms with Crippen LogP contribution in [0.2, 0.25) is 0 Å². The average Bonchev–Trinajstić information content (AvgIpc) is 2.79. The van der Waals surface area contributed by atoms with Crippen LogP contribution in [-0.4, -0.2) is 51.2 Å². The number of primary amides is 1. The topological polar surface area (TPSA) is 150 Å². The standard InChI is InChI=1S/C18H39NO3.C7H7NO2/c1-2-3-4-5-6-7-8-9-10-11-12-13-14-17(21)18(22)16(19)15-20;8-7(10)5-3-1-2-4-6(5)9/h16-18,20-22H,2-15,19H2,1H3;1-4,9H,(H2,8,10). The zero-order chi connectivity index (χ0) is 24.2. The molecule has 0 heterocycles. The Morgan fingerprint density at radius 3 is 1.75 bits per heavy atom. The Morgan fingerprint density at radius 1 is 0.875 bits per heavy atom. The lowest BCUT2D eigenvalue weighted by atomic mass is 10.00. The van der Waals surface area contributed by atoms with E-state index in [1.165, 1.54) is 76.3 Å². The molecule has 0 aliphatic carbocycles. The van der Waals surface area contributed by atoms with E-state index in [0.717, 1.165) is 12.8 Å². The zero-order valence-electron chi connectivity index (χ0n) is 19.8. The van der Waals surface area contributed by atoms with Crippen LogP contribution < -0.4 is 11.5 Å². The molecule has 0 fully saturated rings. The molecule has 0 aromatic heterocycles. The number of nitrogens with two attached hydrogens (primary N) is 2. The summed E-state index contributed by atoms with van der Waals surface area (Å²) in [5.74, 6) is -0.687. The summed E-state index contributed by atoms with van der Waals surface area (Å²) in [5, 5.41) is 37.2. The van der Waals surface area contributed by atoms with Crippen LogP contribution in [0.15, 0.2) is 24.3 Å². The van der Waals surface area contributed by atoms with Crippen LogP contribution in [0.3, 0.4) is 0 Å². The molecule has 0 spiro atoms. The first-order valence-electron chi connectivity index (χ1n) is 12.1. The second-order valence-electron chi connectivity index (χ2n) is 8.46. The normalized spacial score (nSPS) is 13.7. The van der Waals surface area contributed by atoms with Gasteiger partial charge in [0.1, 0.15) is 5.75 Å². The van der Waals surface area contributed by atoms with Gasteiger partial charge in [-0.25, -0.2) is 0 Å². The van der Waals surface area contributed by atoms with E-state index in [4.69, 9.17) is 21.7 Å². The van der Waals surface area contributed by atoms with Gasteiger partial charge in [-0.2, -0.15) is 0 Å². The van der Waals surface area contributed by atoms with Crippen LogP contribution in [0.25, 0.3) is 0 Å². The van der Waals surface area contributed by atoms with Gasteiger partial charge >= 0.3 is 0 Å². The lowest BCUT2D eigenvalue weighted by Crippen LogP contribution is -2.45. The number of rotatable bonds is 17. The van der Waals surface area contributed by atoms with E-state index < -0.39 is 24.2 Å². The number of para-hydroxylation sites is 1. The minimum atomic E-state index is -1.02. The first kappa shape index (κ1) is 30.3. The van der Waals surface area contributed by atoms with Crippen molar-refractivity contribution in [3.63, 3.8) is 0 Å². The van der Waals surface area contributed by atoms with Crippen LogP contribution in [0.1, 0.15) is 101 Å². The number of aromatic hydroxyl groups is 1. The van der Waals surface area contributed by atoms with E-state index in [9.17, 15) is 15.0 Å². The van der Waals surface area contributed by atoms with Crippen LogP contribution >= 0.6 is 0 Å². The van der Waals surface area contributed by atoms with Crippen molar-refractivity contribution in [3.05, 3.63) is 29.8 Å². The van der Waals surface area contributed by atoms with Gasteiger partial charge in [0.15, 0.2) is 0 Å². The fourth-order valence-corrected chi connectivity index (χ4v) is 3.44. The smallest absolute Gasteiger partial charge is 0.252 e. The molecule has 186 valence electrons. The van der Waals surface area contributed by atoms with Gasteiger partial charge in [0.2, 0.25) is 0 Å². The van der Waals surface area contributed by atoms with Crippen LogP contribution in [-0.2, 0) is 0 Å². The SMILES string of the molecule is CCCCCCCCCCCCCCC(O)C(O)C(N)CO.NC(=O)c1ccccc1O. The summed E-state index contributed by atoms with van der Waals surface area (Å²) in [4.78, 5) is 10.5. The molecule has 7 nitrogen and oxygen atoms in total. The summed E-state index contributed by atoms with van der Waals surface area (Å²) in [5.41, 5.74) is 10.6. The van der Waals surface area contributed by atoms with Gasteiger partial charge in [-0.15, -0.1) is 0 Å². The van der Waals surface area contributed by atoms with Crippen molar-refractivity contribution in [2.24, 2.45) is 11.5 Å². The summed E-state index contributed by atoms with van der Waals surface area (Å²) < 4.78 is 0. The third-order valence-electron chi connectivity index (χ3n) is 5.57. The van der Waals surface area contributed by atoms with Crippen molar-refractivity contribution < 1.29 is 25.2 Å². The minimum Gasteiger partial charge on any atom is -0.507 e. The van der Waals surface area contributed by atoms with Gasteiger partial charge < -0.3 is 31.9 Å². The monoisotopic (exact) mass is 454 g/mol. The zero-order valence-corrected chi connectivity index (χ0v) is 19.8.